The Morgan fingerprint density at radius 3 is 2.63 bits per heavy atom. The number of amides is 1. The van der Waals surface area contributed by atoms with Crippen LogP contribution in [0.4, 0.5) is 17.3 Å². The Hall–Kier alpha value is -3.54. The summed E-state index contributed by atoms with van der Waals surface area (Å²) in [6.45, 7) is 5.95. The molecular formula is C18H20N6O3. The van der Waals surface area contributed by atoms with Crippen LogP contribution in [0.1, 0.15) is 38.6 Å². The Kier molecular flexibility index (Phi) is 6.03. The zero-order valence-electron chi connectivity index (χ0n) is 15.3. The lowest BCUT2D eigenvalue weighted by Crippen LogP contribution is -2.17. The second-order valence-corrected chi connectivity index (χ2v) is 6.88. The fourth-order valence-electron chi connectivity index (χ4n) is 2.31. The fourth-order valence-corrected chi connectivity index (χ4v) is 2.31. The Balaban J connectivity index is 2.12. The highest BCUT2D eigenvalue weighted by atomic mass is 16.6. The molecule has 0 atom stereocenters. The van der Waals surface area contributed by atoms with E-state index < -0.39 is 4.92 Å². The van der Waals surface area contributed by atoms with Crippen molar-refractivity contribution in [3.8, 4) is 6.19 Å². The van der Waals surface area contributed by atoms with Gasteiger partial charge in [-0.2, -0.15) is 5.26 Å². The van der Waals surface area contributed by atoms with Crippen molar-refractivity contribution in [1.29, 1.82) is 5.26 Å². The summed E-state index contributed by atoms with van der Waals surface area (Å²) in [6, 6.07) is 7.75. The first kappa shape index (κ1) is 19.8. The lowest BCUT2D eigenvalue weighted by atomic mass is 9.91. The summed E-state index contributed by atoms with van der Waals surface area (Å²) in [5.74, 6) is -0.186. The van der Waals surface area contributed by atoms with Gasteiger partial charge in [0.15, 0.2) is 6.19 Å². The number of nitriles is 1. The van der Waals surface area contributed by atoms with Crippen LogP contribution in [0.5, 0.6) is 0 Å². The molecule has 1 heterocycles. The van der Waals surface area contributed by atoms with Crippen LogP contribution in [0.25, 0.3) is 0 Å². The van der Waals surface area contributed by atoms with Crippen molar-refractivity contribution in [3.63, 3.8) is 0 Å². The van der Waals surface area contributed by atoms with Crippen LogP contribution in [0, 0.1) is 21.6 Å². The molecule has 0 saturated heterocycles. The van der Waals surface area contributed by atoms with E-state index in [1.807, 2.05) is 20.8 Å². The van der Waals surface area contributed by atoms with Gasteiger partial charge in [-0.3, -0.25) is 20.2 Å². The maximum Gasteiger partial charge on any atom is 0.292 e. The van der Waals surface area contributed by atoms with Gasteiger partial charge < -0.3 is 5.32 Å². The molecule has 1 amide bonds. The van der Waals surface area contributed by atoms with Gasteiger partial charge in [0.05, 0.1) is 10.6 Å². The minimum atomic E-state index is -0.546. The minimum Gasteiger partial charge on any atom is -0.320 e. The summed E-state index contributed by atoms with van der Waals surface area (Å²) in [7, 11) is 0. The molecule has 0 saturated carbocycles. The molecule has 1 aromatic carbocycles. The molecule has 0 aliphatic rings. The van der Waals surface area contributed by atoms with E-state index in [1.165, 1.54) is 18.2 Å². The van der Waals surface area contributed by atoms with Gasteiger partial charge in [0.2, 0.25) is 11.9 Å². The molecule has 0 aliphatic heterocycles. The van der Waals surface area contributed by atoms with Crippen molar-refractivity contribution in [2.75, 3.05) is 10.6 Å². The predicted molar refractivity (Wildman–Crippen MR) is 100 cm³/mol. The van der Waals surface area contributed by atoms with E-state index in [4.69, 9.17) is 5.26 Å². The number of nitro groups is 1. The van der Waals surface area contributed by atoms with Gasteiger partial charge in [-0.1, -0.05) is 32.9 Å². The molecule has 9 nitrogen and oxygen atoms in total. The van der Waals surface area contributed by atoms with Crippen molar-refractivity contribution in [1.82, 2.24) is 9.97 Å². The van der Waals surface area contributed by atoms with Crippen molar-refractivity contribution >= 4 is 23.2 Å². The Labute approximate surface area is 156 Å². The van der Waals surface area contributed by atoms with E-state index in [9.17, 15) is 14.9 Å². The van der Waals surface area contributed by atoms with E-state index >= 15 is 0 Å². The minimum absolute atomic E-state index is 0.0820. The molecule has 9 heteroatoms. The predicted octanol–water partition coefficient (Wildman–Crippen LogP) is 3.15. The van der Waals surface area contributed by atoms with E-state index in [0.29, 0.717) is 12.1 Å². The smallest absolute Gasteiger partial charge is 0.292 e. The van der Waals surface area contributed by atoms with Crippen molar-refractivity contribution < 1.29 is 9.72 Å². The molecule has 2 N–H and O–H groups in total. The van der Waals surface area contributed by atoms with Crippen molar-refractivity contribution in [2.24, 2.45) is 0 Å². The number of aromatic nitrogens is 2. The van der Waals surface area contributed by atoms with Crippen LogP contribution < -0.4 is 10.6 Å². The summed E-state index contributed by atoms with van der Waals surface area (Å²) in [5, 5.41) is 24.8. The lowest BCUT2D eigenvalue weighted by Gasteiger charge is -2.19. The highest BCUT2D eigenvalue weighted by Gasteiger charge is 2.19. The number of carbonyl (C=O) groups excluding carboxylic acids is 1. The maximum atomic E-state index is 12.2. The molecule has 2 rings (SSSR count). The largest absolute Gasteiger partial charge is 0.320 e. The second kappa shape index (κ2) is 8.23. The quantitative estimate of drug-likeness (QED) is 0.346. The van der Waals surface area contributed by atoms with Gasteiger partial charge in [-0.05, 0) is 18.6 Å². The third-order valence-corrected chi connectivity index (χ3v) is 3.70. The summed E-state index contributed by atoms with van der Waals surface area (Å²) in [4.78, 5) is 31.2. The van der Waals surface area contributed by atoms with Crippen molar-refractivity contribution in [3.05, 3.63) is 51.8 Å². The Bertz CT molecular complexity index is 899. The molecule has 27 heavy (non-hydrogen) atoms. The molecular weight excluding hydrogens is 348 g/mol. The fraction of sp³-hybridized carbons (Fsp3) is 0.333. The number of nitrogens with one attached hydrogen (secondary N) is 2. The number of rotatable bonds is 6. The molecule has 0 radical (unpaired) electrons. The molecule has 0 aliphatic carbocycles. The average Bonchev–Trinajstić information content (AvgIpc) is 2.59. The normalized spacial score (nSPS) is 10.7. The second-order valence-electron chi connectivity index (χ2n) is 6.88. The van der Waals surface area contributed by atoms with Gasteiger partial charge in [0, 0.05) is 23.6 Å². The highest BCUT2D eigenvalue weighted by molar-refractivity contribution is 5.93. The SMILES string of the molecule is CC(C)(C)c1cc(CCC(=O)Nc2ccccc2[N+](=O)[O-])nc(NC#N)n1. The number of hydrogen-bond acceptors (Lipinski definition) is 7. The van der Waals surface area contributed by atoms with Gasteiger partial charge >= 0.3 is 0 Å². The molecule has 0 fully saturated rings. The first-order valence-corrected chi connectivity index (χ1v) is 8.27. The summed E-state index contributed by atoms with van der Waals surface area (Å²) in [5.41, 5.74) is 1.08. The number of para-hydroxylation sites is 2. The summed E-state index contributed by atoms with van der Waals surface area (Å²) in [6.07, 6.45) is 2.17. The van der Waals surface area contributed by atoms with Crippen LogP contribution in [-0.2, 0) is 16.6 Å². The molecule has 0 bridgehead atoms. The number of hydrogen-bond donors (Lipinski definition) is 2. The zero-order chi connectivity index (χ0) is 20.0. The standard InChI is InChI=1S/C18H20N6O3/c1-18(2,3)15-10-12(21-17(23-15)20-11-19)8-9-16(25)22-13-6-4-5-7-14(13)24(26)27/h4-7,10H,8-9H2,1-3H3,(H,22,25)(H,20,21,23). The number of anilines is 2. The van der Waals surface area contributed by atoms with Gasteiger partial charge in [-0.15, -0.1) is 0 Å². The summed E-state index contributed by atoms with van der Waals surface area (Å²) < 4.78 is 0. The number of benzene rings is 1. The molecule has 2 aromatic rings. The monoisotopic (exact) mass is 368 g/mol. The summed E-state index contributed by atoms with van der Waals surface area (Å²) >= 11 is 0. The first-order chi connectivity index (χ1) is 12.7. The number of aryl methyl sites for hydroxylation is 1. The first-order valence-electron chi connectivity index (χ1n) is 8.27. The topological polar surface area (TPSA) is 134 Å². The maximum absolute atomic E-state index is 12.2. The molecule has 1 aromatic heterocycles. The molecule has 140 valence electrons. The van der Waals surface area contributed by atoms with Crippen LogP contribution in [-0.4, -0.2) is 20.8 Å². The lowest BCUT2D eigenvalue weighted by molar-refractivity contribution is -0.383. The molecule has 0 spiro atoms. The Morgan fingerprint density at radius 1 is 1.30 bits per heavy atom. The van der Waals surface area contributed by atoms with E-state index in [0.717, 1.165) is 5.69 Å². The molecule has 0 unspecified atom stereocenters. The van der Waals surface area contributed by atoms with E-state index in [-0.39, 0.29) is 35.1 Å². The zero-order valence-corrected chi connectivity index (χ0v) is 15.3. The van der Waals surface area contributed by atoms with E-state index in [2.05, 4.69) is 20.6 Å². The third-order valence-electron chi connectivity index (χ3n) is 3.70. The van der Waals surface area contributed by atoms with E-state index in [1.54, 1.807) is 18.3 Å². The third kappa shape index (κ3) is 5.47. The average molecular weight is 368 g/mol. The number of nitro benzene ring substituents is 1. The van der Waals surface area contributed by atoms with Crippen molar-refractivity contribution in [2.45, 2.75) is 39.0 Å². The number of carbonyl (C=O) groups is 1. The van der Waals surface area contributed by atoms with Crippen LogP contribution >= 0.6 is 0 Å². The number of nitrogens with zero attached hydrogens (tertiary/aromatic N) is 4. The van der Waals surface area contributed by atoms with Gasteiger partial charge in [-0.25, -0.2) is 9.97 Å². The Morgan fingerprint density at radius 2 is 2.00 bits per heavy atom. The highest BCUT2D eigenvalue weighted by Crippen LogP contribution is 2.24. The van der Waals surface area contributed by atoms with Crippen LogP contribution in [0.3, 0.4) is 0 Å². The van der Waals surface area contributed by atoms with Crippen LogP contribution in [0.2, 0.25) is 0 Å². The van der Waals surface area contributed by atoms with Crippen LogP contribution in [0.15, 0.2) is 30.3 Å². The van der Waals surface area contributed by atoms with Gasteiger partial charge in [0.1, 0.15) is 5.69 Å². The van der Waals surface area contributed by atoms with Gasteiger partial charge in [0.25, 0.3) is 5.69 Å².